The third-order valence-corrected chi connectivity index (χ3v) is 5.61. The summed E-state index contributed by atoms with van der Waals surface area (Å²) in [6.45, 7) is 4.43. The van der Waals surface area contributed by atoms with Gasteiger partial charge in [-0.2, -0.15) is 0 Å². The van der Waals surface area contributed by atoms with Gasteiger partial charge < -0.3 is 15.4 Å². The average Bonchev–Trinajstić information content (AvgIpc) is 3.18. The van der Waals surface area contributed by atoms with Crippen LogP contribution in [0.25, 0.3) is 0 Å². The number of hydrogen-bond donors (Lipinski definition) is 2. The summed E-state index contributed by atoms with van der Waals surface area (Å²) in [6.07, 6.45) is 6.32. The molecule has 2 fully saturated rings. The molecule has 0 saturated heterocycles. The van der Waals surface area contributed by atoms with E-state index in [2.05, 4.69) is 24.5 Å². The van der Waals surface area contributed by atoms with Crippen molar-refractivity contribution in [3.8, 4) is 5.75 Å². The van der Waals surface area contributed by atoms with Crippen molar-refractivity contribution in [1.29, 1.82) is 0 Å². The normalized spacial score (nSPS) is 26.8. The van der Waals surface area contributed by atoms with Crippen LogP contribution in [0.1, 0.15) is 45.1 Å². The molecule has 2 aliphatic carbocycles. The van der Waals surface area contributed by atoms with E-state index in [0.29, 0.717) is 5.92 Å². The highest BCUT2D eigenvalue weighted by molar-refractivity contribution is 5.74. The molecule has 2 amide bonds. The fourth-order valence-electron chi connectivity index (χ4n) is 4.39. The van der Waals surface area contributed by atoms with Gasteiger partial charge in [-0.1, -0.05) is 31.5 Å². The second-order valence-electron chi connectivity index (χ2n) is 7.03. The Balaban J connectivity index is 1.41. The van der Waals surface area contributed by atoms with Crippen LogP contribution in [0.4, 0.5) is 4.79 Å². The number of ether oxygens (including phenoxy) is 1. The molecule has 4 nitrogen and oxygen atoms in total. The van der Waals surface area contributed by atoms with E-state index in [4.69, 9.17) is 4.74 Å². The van der Waals surface area contributed by atoms with Crippen molar-refractivity contribution >= 4 is 6.03 Å². The van der Waals surface area contributed by atoms with Gasteiger partial charge in [-0.15, -0.1) is 0 Å². The van der Waals surface area contributed by atoms with Gasteiger partial charge in [0.05, 0.1) is 0 Å². The van der Waals surface area contributed by atoms with E-state index in [-0.39, 0.29) is 18.8 Å². The van der Waals surface area contributed by atoms with Crippen molar-refractivity contribution in [2.45, 2.75) is 52.0 Å². The van der Waals surface area contributed by atoms with Crippen molar-refractivity contribution < 1.29 is 9.53 Å². The Morgan fingerprint density at radius 1 is 1.30 bits per heavy atom. The number of carbonyl (C=O) groups excluding carboxylic acids is 1. The minimum absolute atomic E-state index is 0.130. The summed E-state index contributed by atoms with van der Waals surface area (Å²) in [4.78, 5) is 12.1. The van der Waals surface area contributed by atoms with Gasteiger partial charge in [0.25, 0.3) is 0 Å². The van der Waals surface area contributed by atoms with E-state index in [0.717, 1.165) is 29.6 Å². The maximum absolute atomic E-state index is 12.1. The van der Waals surface area contributed by atoms with Crippen LogP contribution < -0.4 is 15.4 Å². The number of para-hydroxylation sites is 1. The number of rotatable bonds is 6. The molecule has 0 spiro atoms. The number of aryl methyl sites for hydroxylation is 1. The van der Waals surface area contributed by atoms with Crippen molar-refractivity contribution in [2.24, 2.45) is 17.8 Å². The number of hydrogen-bond acceptors (Lipinski definition) is 2. The molecular weight excluding hydrogens is 288 g/mol. The van der Waals surface area contributed by atoms with Crippen LogP contribution in [0.3, 0.4) is 0 Å². The fraction of sp³-hybridized carbons (Fsp3) is 0.632. The molecule has 1 aromatic carbocycles. The summed E-state index contributed by atoms with van der Waals surface area (Å²) in [7, 11) is 0. The van der Waals surface area contributed by atoms with Crippen molar-refractivity contribution in [3.05, 3.63) is 29.8 Å². The van der Waals surface area contributed by atoms with Crippen LogP contribution in [0.15, 0.2) is 24.3 Å². The number of nitrogens with one attached hydrogen (secondary N) is 2. The highest BCUT2D eigenvalue weighted by Crippen LogP contribution is 2.49. The smallest absolute Gasteiger partial charge is 0.317 e. The van der Waals surface area contributed by atoms with Crippen molar-refractivity contribution in [2.75, 3.05) is 6.73 Å². The second-order valence-corrected chi connectivity index (χ2v) is 7.03. The highest BCUT2D eigenvalue weighted by atomic mass is 16.5. The lowest BCUT2D eigenvalue weighted by Gasteiger charge is -2.28. The monoisotopic (exact) mass is 316 g/mol. The van der Waals surface area contributed by atoms with Crippen LogP contribution in [-0.4, -0.2) is 18.8 Å². The lowest BCUT2D eigenvalue weighted by molar-refractivity contribution is 0.207. The molecule has 2 aliphatic rings. The minimum Gasteiger partial charge on any atom is -0.473 e. The topological polar surface area (TPSA) is 50.4 Å². The van der Waals surface area contributed by atoms with Crippen LogP contribution in [0.5, 0.6) is 5.75 Å². The third kappa shape index (κ3) is 3.80. The van der Waals surface area contributed by atoms with Gasteiger partial charge in [0.15, 0.2) is 6.73 Å². The number of fused-ring (bicyclic) bond motifs is 2. The first-order valence-electron chi connectivity index (χ1n) is 8.92. The molecule has 126 valence electrons. The highest BCUT2D eigenvalue weighted by Gasteiger charge is 2.42. The van der Waals surface area contributed by atoms with E-state index in [1.54, 1.807) is 0 Å². The number of amides is 2. The van der Waals surface area contributed by atoms with Crippen LogP contribution in [0.2, 0.25) is 0 Å². The molecule has 0 heterocycles. The van der Waals surface area contributed by atoms with E-state index >= 15 is 0 Å². The summed E-state index contributed by atoms with van der Waals surface area (Å²) in [5.74, 6) is 3.23. The van der Waals surface area contributed by atoms with Gasteiger partial charge in [-0.05, 0) is 62.0 Å². The average molecular weight is 316 g/mol. The summed E-state index contributed by atoms with van der Waals surface area (Å²) in [5, 5.41) is 5.90. The van der Waals surface area contributed by atoms with E-state index in [1.807, 2.05) is 24.3 Å². The molecule has 0 aromatic heterocycles. The Morgan fingerprint density at radius 2 is 2.13 bits per heavy atom. The van der Waals surface area contributed by atoms with Crippen LogP contribution in [0, 0.1) is 17.8 Å². The molecule has 0 aliphatic heterocycles. The Labute approximate surface area is 139 Å². The van der Waals surface area contributed by atoms with Gasteiger partial charge >= 0.3 is 6.03 Å². The standard InChI is InChI=1S/C19H28N2O2/c1-3-15-6-4-5-7-18(15)23-12-20-19(22)21-13(2)17-11-14-8-9-16(17)10-14/h4-7,13-14,16-17H,3,8-12H2,1-2H3,(H2,20,21,22). The fourth-order valence-corrected chi connectivity index (χ4v) is 4.39. The van der Waals surface area contributed by atoms with Gasteiger partial charge in [-0.25, -0.2) is 4.79 Å². The van der Waals surface area contributed by atoms with E-state index in [1.165, 1.54) is 25.7 Å². The molecule has 1 aromatic rings. The zero-order valence-corrected chi connectivity index (χ0v) is 14.2. The zero-order chi connectivity index (χ0) is 16.2. The van der Waals surface area contributed by atoms with E-state index < -0.39 is 0 Å². The molecule has 2 N–H and O–H groups in total. The molecule has 23 heavy (non-hydrogen) atoms. The summed E-state index contributed by atoms with van der Waals surface area (Å²) < 4.78 is 5.68. The van der Waals surface area contributed by atoms with Gasteiger partial charge in [-0.3, -0.25) is 0 Å². The maximum atomic E-state index is 12.1. The maximum Gasteiger partial charge on any atom is 0.317 e. The first-order valence-corrected chi connectivity index (χ1v) is 8.92. The lowest BCUT2D eigenvalue weighted by atomic mass is 9.84. The molecule has 4 heteroatoms. The van der Waals surface area contributed by atoms with Crippen LogP contribution in [-0.2, 0) is 6.42 Å². The summed E-state index contributed by atoms with van der Waals surface area (Å²) in [5.41, 5.74) is 1.16. The molecule has 0 radical (unpaired) electrons. The minimum atomic E-state index is -0.130. The van der Waals surface area contributed by atoms with E-state index in [9.17, 15) is 4.79 Å². The van der Waals surface area contributed by atoms with Crippen molar-refractivity contribution in [1.82, 2.24) is 10.6 Å². The predicted molar refractivity (Wildman–Crippen MR) is 91.4 cm³/mol. The molecular formula is C19H28N2O2. The van der Waals surface area contributed by atoms with Gasteiger partial charge in [0.1, 0.15) is 5.75 Å². The second kappa shape index (κ2) is 7.24. The van der Waals surface area contributed by atoms with Gasteiger partial charge in [0.2, 0.25) is 0 Å². The van der Waals surface area contributed by atoms with Crippen molar-refractivity contribution in [3.63, 3.8) is 0 Å². The first kappa shape index (κ1) is 16.2. The van der Waals surface area contributed by atoms with Gasteiger partial charge in [0, 0.05) is 6.04 Å². The molecule has 2 bridgehead atoms. The Hall–Kier alpha value is -1.71. The quantitative estimate of drug-likeness (QED) is 0.786. The molecule has 4 atom stereocenters. The summed E-state index contributed by atoms with van der Waals surface area (Å²) in [6, 6.07) is 8.06. The number of benzene rings is 1. The molecule has 3 rings (SSSR count). The summed E-state index contributed by atoms with van der Waals surface area (Å²) >= 11 is 0. The predicted octanol–water partition coefficient (Wildman–Crippen LogP) is 3.71. The Morgan fingerprint density at radius 3 is 2.83 bits per heavy atom. The lowest BCUT2D eigenvalue weighted by Crippen LogP contribution is -2.46. The Kier molecular flexibility index (Phi) is 5.09. The number of urea groups is 1. The van der Waals surface area contributed by atoms with Crippen LogP contribution >= 0.6 is 0 Å². The third-order valence-electron chi connectivity index (χ3n) is 5.61. The first-order chi connectivity index (χ1) is 11.2. The Bertz CT molecular complexity index is 546. The molecule has 2 saturated carbocycles. The zero-order valence-electron chi connectivity index (χ0n) is 14.2. The molecule has 4 unspecified atom stereocenters. The largest absolute Gasteiger partial charge is 0.473 e. The SMILES string of the molecule is CCc1ccccc1OCNC(=O)NC(C)C1CC2CCC1C2. The number of carbonyl (C=O) groups is 1.